The van der Waals surface area contributed by atoms with Crippen LogP contribution in [0.3, 0.4) is 0 Å². The molecule has 6 nitrogen and oxygen atoms in total. The number of nitrogens with zero attached hydrogens (tertiary/aromatic N) is 3. The van der Waals surface area contributed by atoms with Gasteiger partial charge in [0.15, 0.2) is 0 Å². The molecule has 0 atom stereocenters. The molecule has 1 aliphatic heterocycles. The SMILES string of the molecule is Cc1ccc(S(=O)(=O)N2CCC(n3cnc4cc(Cl)ccc4c3=O)CC2)cc1C. The van der Waals surface area contributed by atoms with Gasteiger partial charge in [0.25, 0.3) is 5.56 Å². The zero-order valence-corrected chi connectivity index (χ0v) is 17.9. The molecule has 0 amide bonds. The van der Waals surface area contributed by atoms with E-state index >= 15 is 0 Å². The molecular weight excluding hydrogens is 410 g/mol. The van der Waals surface area contributed by atoms with Gasteiger partial charge in [-0.3, -0.25) is 9.36 Å². The van der Waals surface area contributed by atoms with Gasteiger partial charge < -0.3 is 0 Å². The van der Waals surface area contributed by atoms with E-state index < -0.39 is 10.0 Å². The Bertz CT molecular complexity index is 1250. The van der Waals surface area contributed by atoms with Crippen molar-refractivity contribution < 1.29 is 8.42 Å². The summed E-state index contributed by atoms with van der Waals surface area (Å²) < 4.78 is 29.1. The maximum Gasteiger partial charge on any atom is 0.261 e. The van der Waals surface area contributed by atoms with Crippen molar-refractivity contribution in [1.29, 1.82) is 0 Å². The van der Waals surface area contributed by atoms with E-state index in [1.807, 2.05) is 19.9 Å². The summed E-state index contributed by atoms with van der Waals surface area (Å²) in [5, 5.41) is 1.05. The van der Waals surface area contributed by atoms with Crippen molar-refractivity contribution >= 4 is 32.5 Å². The summed E-state index contributed by atoms with van der Waals surface area (Å²) in [7, 11) is -3.54. The lowest BCUT2D eigenvalue weighted by Gasteiger charge is -2.32. The van der Waals surface area contributed by atoms with Crippen LogP contribution in [0.4, 0.5) is 0 Å². The molecule has 1 saturated heterocycles. The second-order valence-corrected chi connectivity index (χ2v) is 9.87. The molecular formula is C21H22ClN3O3S. The van der Waals surface area contributed by atoms with Crippen LogP contribution in [0.1, 0.15) is 30.0 Å². The molecule has 4 rings (SSSR count). The molecule has 1 fully saturated rings. The highest BCUT2D eigenvalue weighted by atomic mass is 35.5. The molecule has 8 heteroatoms. The predicted molar refractivity (Wildman–Crippen MR) is 114 cm³/mol. The molecule has 0 spiro atoms. The van der Waals surface area contributed by atoms with Gasteiger partial charge in [0.1, 0.15) is 0 Å². The standard InChI is InChI=1S/C21H22ClN3O3S/c1-14-3-5-18(11-15(14)2)29(27,28)24-9-7-17(8-10-24)25-13-23-20-12-16(22)4-6-19(20)21(25)26/h3-6,11-13,17H,7-10H2,1-2H3. The van der Waals surface area contributed by atoms with E-state index in [1.165, 1.54) is 4.31 Å². The number of halogens is 1. The Morgan fingerprint density at radius 1 is 1.03 bits per heavy atom. The third-order valence-electron chi connectivity index (χ3n) is 5.68. The monoisotopic (exact) mass is 431 g/mol. The highest BCUT2D eigenvalue weighted by Crippen LogP contribution is 2.27. The van der Waals surface area contributed by atoms with Crippen molar-refractivity contribution in [2.24, 2.45) is 0 Å². The highest BCUT2D eigenvalue weighted by molar-refractivity contribution is 7.89. The van der Waals surface area contributed by atoms with Crippen LogP contribution < -0.4 is 5.56 Å². The van der Waals surface area contributed by atoms with Gasteiger partial charge in [-0.2, -0.15) is 4.31 Å². The van der Waals surface area contributed by atoms with Gasteiger partial charge in [-0.25, -0.2) is 13.4 Å². The van der Waals surface area contributed by atoms with Crippen LogP contribution in [0.5, 0.6) is 0 Å². The van der Waals surface area contributed by atoms with Crippen LogP contribution in [-0.4, -0.2) is 35.4 Å². The number of benzene rings is 2. The number of aryl methyl sites for hydroxylation is 2. The maximum atomic E-state index is 13.0. The molecule has 0 bridgehead atoms. The first-order chi connectivity index (χ1) is 13.8. The van der Waals surface area contributed by atoms with E-state index in [1.54, 1.807) is 41.2 Å². The normalized spacial score (nSPS) is 16.4. The average molecular weight is 432 g/mol. The summed E-state index contributed by atoms with van der Waals surface area (Å²) in [6.45, 7) is 4.60. The van der Waals surface area contributed by atoms with Gasteiger partial charge in [0, 0.05) is 24.2 Å². The smallest absolute Gasteiger partial charge is 0.261 e. The number of piperidine rings is 1. The highest BCUT2D eigenvalue weighted by Gasteiger charge is 2.30. The average Bonchev–Trinajstić information content (AvgIpc) is 2.70. The molecule has 0 saturated carbocycles. The van der Waals surface area contributed by atoms with E-state index in [0.717, 1.165) is 11.1 Å². The topological polar surface area (TPSA) is 72.3 Å². The van der Waals surface area contributed by atoms with Gasteiger partial charge in [0.05, 0.1) is 22.1 Å². The van der Waals surface area contributed by atoms with Crippen LogP contribution in [0.2, 0.25) is 5.02 Å². The number of rotatable bonds is 3. The molecule has 0 unspecified atom stereocenters. The number of hydrogen-bond acceptors (Lipinski definition) is 4. The first-order valence-corrected chi connectivity index (χ1v) is 11.3. The zero-order valence-electron chi connectivity index (χ0n) is 16.3. The first kappa shape index (κ1) is 20.1. The fraction of sp³-hybridized carbons (Fsp3) is 0.333. The minimum absolute atomic E-state index is 0.0821. The van der Waals surface area contributed by atoms with E-state index in [2.05, 4.69) is 4.98 Å². The quantitative estimate of drug-likeness (QED) is 0.634. The van der Waals surface area contributed by atoms with Crippen LogP contribution in [0.25, 0.3) is 10.9 Å². The Kier molecular flexibility index (Phi) is 5.23. The van der Waals surface area contributed by atoms with Crippen LogP contribution in [0.15, 0.2) is 52.4 Å². The fourth-order valence-electron chi connectivity index (χ4n) is 3.75. The first-order valence-electron chi connectivity index (χ1n) is 9.51. The summed E-state index contributed by atoms with van der Waals surface area (Å²) in [5.41, 5.74) is 2.46. The van der Waals surface area contributed by atoms with Crippen molar-refractivity contribution in [3.05, 3.63) is 69.2 Å². The van der Waals surface area contributed by atoms with Gasteiger partial charge >= 0.3 is 0 Å². The van der Waals surface area contributed by atoms with Gasteiger partial charge in [0.2, 0.25) is 10.0 Å². The Morgan fingerprint density at radius 3 is 2.45 bits per heavy atom. The lowest BCUT2D eigenvalue weighted by Crippen LogP contribution is -2.40. The molecule has 152 valence electrons. The largest absolute Gasteiger partial charge is 0.296 e. The van der Waals surface area contributed by atoms with Gasteiger partial charge in [-0.15, -0.1) is 0 Å². The van der Waals surface area contributed by atoms with Crippen molar-refractivity contribution in [2.75, 3.05) is 13.1 Å². The van der Waals surface area contributed by atoms with Crippen LogP contribution >= 0.6 is 11.6 Å². The predicted octanol–water partition coefficient (Wildman–Crippen LogP) is 3.69. The third-order valence-corrected chi connectivity index (χ3v) is 7.81. The van der Waals surface area contributed by atoms with E-state index in [-0.39, 0.29) is 11.6 Å². The number of hydrogen-bond donors (Lipinski definition) is 0. The Hall–Kier alpha value is -2.22. The van der Waals surface area contributed by atoms with Crippen molar-refractivity contribution in [1.82, 2.24) is 13.9 Å². The van der Waals surface area contributed by atoms with Crippen molar-refractivity contribution in [3.63, 3.8) is 0 Å². The molecule has 0 aliphatic carbocycles. The third kappa shape index (κ3) is 3.70. The van der Waals surface area contributed by atoms with Crippen molar-refractivity contribution in [2.45, 2.75) is 37.6 Å². The van der Waals surface area contributed by atoms with Crippen LogP contribution in [-0.2, 0) is 10.0 Å². The van der Waals surface area contributed by atoms with Crippen LogP contribution in [0, 0.1) is 13.8 Å². The molecule has 2 heterocycles. The summed E-state index contributed by atoms with van der Waals surface area (Å²) in [4.78, 5) is 17.5. The minimum Gasteiger partial charge on any atom is -0.296 e. The lowest BCUT2D eigenvalue weighted by atomic mass is 10.1. The molecule has 0 radical (unpaired) electrons. The number of sulfonamides is 1. The lowest BCUT2D eigenvalue weighted by molar-refractivity contribution is 0.269. The molecule has 3 aromatic rings. The van der Waals surface area contributed by atoms with E-state index in [0.29, 0.717) is 46.8 Å². The van der Waals surface area contributed by atoms with Crippen molar-refractivity contribution in [3.8, 4) is 0 Å². The summed E-state index contributed by atoms with van der Waals surface area (Å²) >= 11 is 5.98. The van der Waals surface area contributed by atoms with Gasteiger partial charge in [-0.05, 0) is 68.1 Å². The zero-order chi connectivity index (χ0) is 20.8. The van der Waals surface area contributed by atoms with E-state index in [9.17, 15) is 13.2 Å². The molecule has 2 aromatic carbocycles. The molecule has 0 N–H and O–H groups in total. The summed E-state index contributed by atoms with van der Waals surface area (Å²) in [6.07, 6.45) is 2.66. The Labute approximate surface area is 174 Å². The van der Waals surface area contributed by atoms with E-state index in [4.69, 9.17) is 11.6 Å². The Morgan fingerprint density at radius 2 is 1.76 bits per heavy atom. The minimum atomic E-state index is -3.54. The second kappa shape index (κ2) is 7.55. The maximum absolute atomic E-state index is 13.0. The second-order valence-electron chi connectivity index (χ2n) is 7.50. The summed E-state index contributed by atoms with van der Waals surface area (Å²) in [6, 6.07) is 10.2. The molecule has 29 heavy (non-hydrogen) atoms. The fourth-order valence-corrected chi connectivity index (χ4v) is 5.47. The number of aromatic nitrogens is 2. The Balaban J connectivity index is 1.56. The molecule has 1 aromatic heterocycles. The van der Waals surface area contributed by atoms with Gasteiger partial charge in [-0.1, -0.05) is 17.7 Å². The summed E-state index contributed by atoms with van der Waals surface area (Å²) in [5.74, 6) is 0. The molecule has 1 aliphatic rings. The number of fused-ring (bicyclic) bond motifs is 1.